The number of aromatic nitrogens is 2. The first kappa shape index (κ1) is 17.1. The minimum Gasteiger partial charge on any atom is -0.351 e. The number of amides is 1. The molecular weight excluding hydrogens is 344 g/mol. The van der Waals surface area contributed by atoms with E-state index >= 15 is 0 Å². The van der Waals surface area contributed by atoms with Crippen molar-refractivity contribution in [2.75, 3.05) is 18.8 Å². The van der Waals surface area contributed by atoms with Crippen LogP contribution in [0.15, 0.2) is 59.8 Å². The van der Waals surface area contributed by atoms with Crippen molar-refractivity contribution in [2.45, 2.75) is 24.2 Å². The number of H-pyrrole nitrogens is 1. The minimum atomic E-state index is 0.0713. The molecule has 0 bridgehead atoms. The van der Waals surface area contributed by atoms with Gasteiger partial charge in [-0.2, -0.15) is 0 Å². The van der Waals surface area contributed by atoms with Gasteiger partial charge in [0.1, 0.15) is 0 Å². The number of benzene rings is 2. The number of hydrogen-bond acceptors (Lipinski definition) is 4. The smallest absolute Gasteiger partial charge is 0.230 e. The molecule has 2 heterocycles. The van der Waals surface area contributed by atoms with Crippen molar-refractivity contribution in [1.82, 2.24) is 20.2 Å². The average molecular weight is 366 g/mol. The highest BCUT2D eigenvalue weighted by atomic mass is 32.2. The van der Waals surface area contributed by atoms with Crippen molar-refractivity contribution in [3.63, 3.8) is 0 Å². The molecular formula is C20H22N4OS. The fraction of sp³-hybridized carbons (Fsp3) is 0.300. The summed E-state index contributed by atoms with van der Waals surface area (Å²) in [6.07, 6.45) is 1.01. The lowest BCUT2D eigenvalue weighted by molar-refractivity contribution is -0.119. The van der Waals surface area contributed by atoms with Gasteiger partial charge in [0.25, 0.3) is 0 Å². The molecule has 6 heteroatoms. The van der Waals surface area contributed by atoms with Crippen molar-refractivity contribution in [3.05, 3.63) is 60.2 Å². The van der Waals surface area contributed by atoms with Crippen LogP contribution in [0.2, 0.25) is 0 Å². The number of para-hydroxylation sites is 2. The van der Waals surface area contributed by atoms with Gasteiger partial charge in [0.2, 0.25) is 5.91 Å². The molecule has 0 radical (unpaired) electrons. The van der Waals surface area contributed by atoms with Crippen molar-refractivity contribution in [3.8, 4) is 0 Å². The highest BCUT2D eigenvalue weighted by molar-refractivity contribution is 7.99. The Balaban J connectivity index is 1.23. The van der Waals surface area contributed by atoms with Gasteiger partial charge in [0, 0.05) is 25.7 Å². The first-order valence-corrected chi connectivity index (χ1v) is 9.88. The highest BCUT2D eigenvalue weighted by Gasteiger charge is 2.23. The Morgan fingerprint density at radius 3 is 2.85 bits per heavy atom. The molecule has 1 fully saturated rings. The number of hydrogen-bond donors (Lipinski definition) is 2. The number of rotatable bonds is 6. The number of carbonyl (C=O) groups excluding carboxylic acids is 1. The zero-order chi connectivity index (χ0) is 17.8. The van der Waals surface area contributed by atoms with Crippen LogP contribution in [-0.4, -0.2) is 45.7 Å². The molecule has 0 aliphatic carbocycles. The maximum Gasteiger partial charge on any atom is 0.230 e. The average Bonchev–Trinajstić information content (AvgIpc) is 3.27. The van der Waals surface area contributed by atoms with Crippen molar-refractivity contribution in [2.24, 2.45) is 0 Å². The lowest BCUT2D eigenvalue weighted by Gasteiger charge is -2.16. The van der Waals surface area contributed by atoms with Crippen LogP contribution in [0.5, 0.6) is 0 Å². The maximum atomic E-state index is 12.3. The van der Waals surface area contributed by atoms with E-state index < -0.39 is 0 Å². The summed E-state index contributed by atoms with van der Waals surface area (Å²) in [5.74, 6) is 0.455. The summed E-state index contributed by atoms with van der Waals surface area (Å²) in [5.41, 5.74) is 3.26. The van der Waals surface area contributed by atoms with Crippen LogP contribution in [0, 0.1) is 0 Å². The Morgan fingerprint density at radius 2 is 2.00 bits per heavy atom. The third kappa shape index (κ3) is 4.26. The molecule has 134 valence electrons. The predicted molar refractivity (Wildman–Crippen MR) is 105 cm³/mol. The molecule has 1 aromatic heterocycles. The molecule has 5 nitrogen and oxygen atoms in total. The topological polar surface area (TPSA) is 61.0 Å². The Bertz CT molecular complexity index is 847. The minimum absolute atomic E-state index is 0.0713. The second-order valence-corrected chi connectivity index (χ2v) is 7.59. The molecule has 1 saturated heterocycles. The van der Waals surface area contributed by atoms with Gasteiger partial charge >= 0.3 is 0 Å². The number of thioether (sulfide) groups is 1. The van der Waals surface area contributed by atoms with Crippen LogP contribution in [-0.2, 0) is 11.3 Å². The molecule has 1 amide bonds. The number of carbonyl (C=O) groups is 1. The van der Waals surface area contributed by atoms with Gasteiger partial charge in [0.05, 0.1) is 16.8 Å². The van der Waals surface area contributed by atoms with E-state index in [2.05, 4.69) is 44.5 Å². The summed E-state index contributed by atoms with van der Waals surface area (Å²) >= 11 is 1.45. The Labute approximate surface area is 157 Å². The molecule has 3 aromatic rings. The first-order valence-electron chi connectivity index (χ1n) is 8.89. The van der Waals surface area contributed by atoms with E-state index in [0.29, 0.717) is 5.75 Å². The standard InChI is InChI=1S/C20H22N4OS/c25-19(14-26-20-22-17-8-4-5-9-18(17)23-20)21-16-10-11-24(13-16)12-15-6-2-1-3-7-15/h1-9,16H,10-14H2,(H,21,25)(H,22,23)/t16-/m0/s1. The van der Waals surface area contributed by atoms with Gasteiger partial charge in [-0.15, -0.1) is 0 Å². The second-order valence-electron chi connectivity index (χ2n) is 6.62. The monoisotopic (exact) mass is 366 g/mol. The molecule has 4 rings (SSSR count). The van der Waals surface area contributed by atoms with Gasteiger partial charge < -0.3 is 10.3 Å². The summed E-state index contributed by atoms with van der Waals surface area (Å²) in [6.45, 7) is 2.88. The van der Waals surface area contributed by atoms with E-state index in [1.165, 1.54) is 17.3 Å². The van der Waals surface area contributed by atoms with Crippen LogP contribution in [0.25, 0.3) is 11.0 Å². The lowest BCUT2D eigenvalue weighted by Crippen LogP contribution is -2.38. The normalized spacial score (nSPS) is 17.6. The third-order valence-electron chi connectivity index (χ3n) is 4.59. The second kappa shape index (κ2) is 7.93. The van der Waals surface area contributed by atoms with Crippen LogP contribution >= 0.6 is 11.8 Å². The molecule has 1 atom stereocenters. The molecule has 0 saturated carbocycles. The van der Waals surface area contributed by atoms with E-state index in [4.69, 9.17) is 0 Å². The number of imidazole rings is 1. The highest BCUT2D eigenvalue weighted by Crippen LogP contribution is 2.19. The van der Waals surface area contributed by atoms with Gasteiger partial charge in [-0.05, 0) is 24.1 Å². The van der Waals surface area contributed by atoms with Gasteiger partial charge in [0.15, 0.2) is 5.16 Å². The molecule has 1 aliphatic heterocycles. The van der Waals surface area contributed by atoms with Gasteiger partial charge in [-0.1, -0.05) is 54.2 Å². The van der Waals surface area contributed by atoms with Gasteiger partial charge in [-0.3, -0.25) is 9.69 Å². The third-order valence-corrected chi connectivity index (χ3v) is 5.47. The fourth-order valence-electron chi connectivity index (χ4n) is 3.34. The zero-order valence-corrected chi connectivity index (χ0v) is 15.3. The van der Waals surface area contributed by atoms with E-state index in [1.54, 1.807) is 0 Å². The number of likely N-dealkylation sites (tertiary alicyclic amines) is 1. The first-order chi connectivity index (χ1) is 12.8. The number of fused-ring (bicyclic) bond motifs is 1. The van der Waals surface area contributed by atoms with Crippen LogP contribution < -0.4 is 5.32 Å². The predicted octanol–water partition coefficient (Wildman–Crippen LogP) is 3.05. The van der Waals surface area contributed by atoms with E-state index in [1.807, 2.05) is 30.3 Å². The molecule has 0 spiro atoms. The maximum absolute atomic E-state index is 12.3. The Morgan fingerprint density at radius 1 is 1.19 bits per heavy atom. The largest absolute Gasteiger partial charge is 0.351 e. The van der Waals surface area contributed by atoms with Crippen molar-refractivity contribution < 1.29 is 4.79 Å². The van der Waals surface area contributed by atoms with Gasteiger partial charge in [-0.25, -0.2) is 4.98 Å². The fourth-order valence-corrected chi connectivity index (χ4v) is 4.03. The van der Waals surface area contributed by atoms with E-state index in [9.17, 15) is 4.79 Å². The van der Waals surface area contributed by atoms with E-state index in [-0.39, 0.29) is 11.9 Å². The van der Waals surface area contributed by atoms with Crippen LogP contribution in [0.1, 0.15) is 12.0 Å². The summed E-state index contributed by atoms with van der Waals surface area (Å²) in [5, 5.41) is 3.95. The molecule has 2 aromatic carbocycles. The molecule has 1 aliphatic rings. The quantitative estimate of drug-likeness (QED) is 0.658. The molecule has 26 heavy (non-hydrogen) atoms. The summed E-state index contributed by atoms with van der Waals surface area (Å²) < 4.78 is 0. The number of nitrogens with one attached hydrogen (secondary N) is 2. The number of aromatic amines is 1. The lowest BCUT2D eigenvalue weighted by atomic mass is 10.2. The molecule has 0 unspecified atom stereocenters. The zero-order valence-electron chi connectivity index (χ0n) is 14.5. The van der Waals surface area contributed by atoms with Crippen molar-refractivity contribution >= 4 is 28.7 Å². The Kier molecular flexibility index (Phi) is 5.22. The van der Waals surface area contributed by atoms with Crippen LogP contribution in [0.3, 0.4) is 0 Å². The van der Waals surface area contributed by atoms with Crippen LogP contribution in [0.4, 0.5) is 0 Å². The van der Waals surface area contributed by atoms with E-state index in [0.717, 1.165) is 42.2 Å². The van der Waals surface area contributed by atoms with Crippen molar-refractivity contribution in [1.29, 1.82) is 0 Å². The summed E-state index contributed by atoms with van der Waals surface area (Å²) in [4.78, 5) is 22.4. The Hall–Kier alpha value is -2.31. The summed E-state index contributed by atoms with van der Waals surface area (Å²) in [6, 6.07) is 18.6. The number of nitrogens with zero attached hydrogens (tertiary/aromatic N) is 2. The molecule has 2 N–H and O–H groups in total. The SMILES string of the molecule is O=C(CSc1nc2ccccc2[nH]1)N[C@H]1CCN(Cc2ccccc2)C1. The summed E-state index contributed by atoms with van der Waals surface area (Å²) in [7, 11) is 0.